The van der Waals surface area contributed by atoms with E-state index in [0.29, 0.717) is 63.2 Å². The van der Waals surface area contributed by atoms with Gasteiger partial charge in [-0.05, 0) is 90.7 Å². The quantitative estimate of drug-likeness (QED) is 0.0165. The van der Waals surface area contributed by atoms with Gasteiger partial charge in [-0.2, -0.15) is 0 Å². The van der Waals surface area contributed by atoms with Crippen LogP contribution in [0.1, 0.15) is 77.2 Å². The number of guanidine groups is 1. The Balaban J connectivity index is 1.36. The molecule has 0 saturated heterocycles. The zero-order chi connectivity index (χ0) is 45.0. The van der Waals surface area contributed by atoms with Gasteiger partial charge in [0.05, 0.1) is 12.6 Å². The third-order valence-electron chi connectivity index (χ3n) is 10.7. The molecule has 8 N–H and O–H groups in total. The maximum Gasteiger partial charge on any atom is 0.328 e. The van der Waals surface area contributed by atoms with Crippen LogP contribution >= 0.6 is 0 Å². The van der Waals surface area contributed by atoms with Crippen LogP contribution in [0.2, 0.25) is 0 Å². The predicted octanol–water partition coefficient (Wildman–Crippen LogP) is 7.10. The summed E-state index contributed by atoms with van der Waals surface area (Å²) in [5.74, 6) is -1.62. The number of esters is 1. The first-order valence-electron chi connectivity index (χ1n) is 22.0. The molecular formula is C50H62N6O7. The number of rotatable bonds is 26. The van der Waals surface area contributed by atoms with Crippen LogP contribution in [0.3, 0.4) is 0 Å². The highest BCUT2D eigenvalue weighted by atomic mass is 16.5. The second-order valence-electron chi connectivity index (χ2n) is 15.6. The number of nitrogens with one attached hydrogen (secondary N) is 2. The predicted molar refractivity (Wildman–Crippen MR) is 249 cm³/mol. The number of hydrogen-bond acceptors (Lipinski definition) is 9. The molecule has 5 aromatic carbocycles. The van der Waals surface area contributed by atoms with E-state index in [1.54, 1.807) is 0 Å². The Morgan fingerprint density at radius 3 is 1.92 bits per heavy atom. The Bertz CT molecular complexity index is 2310. The monoisotopic (exact) mass is 858 g/mol. The van der Waals surface area contributed by atoms with Crippen LogP contribution in [-0.2, 0) is 30.5 Å². The molecule has 63 heavy (non-hydrogen) atoms. The number of hydrogen-bond donors (Lipinski definition) is 5. The van der Waals surface area contributed by atoms with Crippen molar-refractivity contribution in [1.82, 2.24) is 10.6 Å². The second kappa shape index (κ2) is 24.8. The Kier molecular flexibility index (Phi) is 18.8. The third-order valence-corrected chi connectivity index (χ3v) is 10.7. The molecule has 0 aliphatic carbocycles. The van der Waals surface area contributed by atoms with Gasteiger partial charge in [0.2, 0.25) is 5.91 Å². The van der Waals surface area contributed by atoms with Crippen molar-refractivity contribution in [3.8, 4) is 22.6 Å². The molecule has 0 bridgehead atoms. The molecule has 2 amide bonds. The van der Waals surface area contributed by atoms with Crippen LogP contribution in [0.4, 0.5) is 0 Å². The number of ether oxygens (including phenoxy) is 3. The average molecular weight is 859 g/mol. The number of nitrogens with two attached hydrogens (primary N) is 3. The lowest BCUT2D eigenvalue weighted by molar-refractivity contribution is -0.150. The number of Topliss-reactive ketones (excluding diaryl/α,β-unsaturated/α-hetero) is 1. The molecule has 13 heteroatoms. The van der Waals surface area contributed by atoms with E-state index in [0.717, 1.165) is 44.7 Å². The molecular weight excluding hydrogens is 797 g/mol. The number of ketones is 1. The van der Waals surface area contributed by atoms with E-state index in [9.17, 15) is 19.2 Å². The van der Waals surface area contributed by atoms with E-state index in [2.05, 4.69) is 28.6 Å². The average Bonchev–Trinajstić information content (AvgIpc) is 3.29. The standard InChI is InChI=1S/C50H62N6O7/c1-3-15-41(49(60)63-32-34-16-6-5-7-17-34)56-48(59)37(20-14-29-54-50(52)53)31-42(57)40(23-12-13-28-51)55-45(58)33-62-44-27-25-36-19-9-11-22-39(36)47(44)46-38-21-10-8-18-35(38)24-26-43(46)61-30-4-2/h5-11,16-19,21-22,24-27,37,40-41H,3-4,12-15,20,23,28-33,51H2,1-2H3,(H,55,58)(H,56,59)(H4,52,53,54)/t37-,40+,41-/m0/s1. The molecule has 0 aliphatic rings. The SMILES string of the molecule is CCCOc1ccc2ccccc2c1-c1c(OCC(=O)N[C@H](CCCCN)C(=O)C[C@H](CCCN=C(N)N)C(=O)N[C@@H](CCC)C(=O)OCc2ccccc2)ccc2ccccc12. The minimum atomic E-state index is -0.925. The van der Waals surface area contributed by atoms with Crippen molar-refractivity contribution in [2.24, 2.45) is 28.1 Å². The van der Waals surface area contributed by atoms with Gasteiger partial charge in [-0.25, -0.2) is 4.79 Å². The highest BCUT2D eigenvalue weighted by molar-refractivity contribution is 6.10. The lowest BCUT2D eigenvalue weighted by Crippen LogP contribution is -2.47. The highest BCUT2D eigenvalue weighted by Gasteiger charge is 2.31. The van der Waals surface area contributed by atoms with Gasteiger partial charge in [0.25, 0.3) is 5.91 Å². The first-order chi connectivity index (χ1) is 30.6. The molecule has 334 valence electrons. The summed E-state index contributed by atoms with van der Waals surface area (Å²) in [6, 6.07) is 31.3. The third kappa shape index (κ3) is 14.0. The molecule has 0 aliphatic heterocycles. The maximum atomic E-state index is 14.2. The summed E-state index contributed by atoms with van der Waals surface area (Å²) in [5.41, 5.74) is 19.4. The fourth-order valence-corrected chi connectivity index (χ4v) is 7.57. The van der Waals surface area contributed by atoms with Crippen molar-refractivity contribution in [2.75, 3.05) is 26.3 Å². The van der Waals surface area contributed by atoms with E-state index in [4.69, 9.17) is 31.4 Å². The summed E-state index contributed by atoms with van der Waals surface area (Å²) < 4.78 is 18.3. The Hall–Kier alpha value is -6.47. The normalized spacial score (nSPS) is 12.5. The van der Waals surface area contributed by atoms with E-state index >= 15 is 0 Å². The molecule has 5 rings (SSSR count). The van der Waals surface area contributed by atoms with Gasteiger partial charge in [0.15, 0.2) is 18.3 Å². The van der Waals surface area contributed by atoms with Crippen LogP contribution in [0.5, 0.6) is 11.5 Å². The summed E-state index contributed by atoms with van der Waals surface area (Å²) in [5, 5.41) is 9.69. The lowest BCUT2D eigenvalue weighted by atomic mass is 9.91. The summed E-state index contributed by atoms with van der Waals surface area (Å²) in [6.07, 6.45) is 3.73. The Morgan fingerprint density at radius 1 is 0.667 bits per heavy atom. The van der Waals surface area contributed by atoms with Crippen LogP contribution in [-0.4, -0.2) is 67.9 Å². The van der Waals surface area contributed by atoms with Crippen molar-refractivity contribution < 1.29 is 33.4 Å². The van der Waals surface area contributed by atoms with Crippen LogP contribution in [0.15, 0.2) is 108 Å². The Labute approximate surface area is 370 Å². The summed E-state index contributed by atoms with van der Waals surface area (Å²) >= 11 is 0. The van der Waals surface area contributed by atoms with Gasteiger partial charge in [-0.1, -0.05) is 111 Å². The lowest BCUT2D eigenvalue weighted by Gasteiger charge is -2.24. The molecule has 13 nitrogen and oxygen atoms in total. The zero-order valence-corrected chi connectivity index (χ0v) is 36.5. The van der Waals surface area contributed by atoms with Crippen molar-refractivity contribution in [3.05, 3.63) is 109 Å². The van der Waals surface area contributed by atoms with Crippen molar-refractivity contribution >= 4 is 51.1 Å². The molecule has 0 aromatic heterocycles. The number of unbranched alkanes of at least 4 members (excludes halogenated alkanes) is 1. The number of amides is 2. The van der Waals surface area contributed by atoms with Gasteiger partial charge >= 0.3 is 5.97 Å². The van der Waals surface area contributed by atoms with Crippen LogP contribution in [0, 0.1) is 5.92 Å². The zero-order valence-electron chi connectivity index (χ0n) is 36.5. The molecule has 0 radical (unpaired) electrons. The number of fused-ring (bicyclic) bond motifs is 2. The van der Waals surface area contributed by atoms with Crippen molar-refractivity contribution in [3.63, 3.8) is 0 Å². The fourth-order valence-electron chi connectivity index (χ4n) is 7.57. The molecule has 0 heterocycles. The Morgan fingerprint density at radius 2 is 1.30 bits per heavy atom. The van der Waals surface area contributed by atoms with E-state index in [1.165, 1.54) is 0 Å². The first kappa shape index (κ1) is 47.6. The van der Waals surface area contributed by atoms with E-state index in [-0.39, 0.29) is 44.3 Å². The maximum absolute atomic E-state index is 14.2. The molecule has 0 unspecified atom stereocenters. The van der Waals surface area contributed by atoms with Gasteiger partial charge in [-0.15, -0.1) is 0 Å². The molecule has 5 aromatic rings. The van der Waals surface area contributed by atoms with Gasteiger partial charge < -0.3 is 42.0 Å². The van der Waals surface area contributed by atoms with Crippen molar-refractivity contribution in [1.29, 1.82) is 0 Å². The molecule has 0 fully saturated rings. The number of nitrogens with zero attached hydrogens (tertiary/aromatic N) is 1. The topological polar surface area (TPSA) is 210 Å². The number of aliphatic imine (C=N–C) groups is 1. The highest BCUT2D eigenvalue weighted by Crippen LogP contribution is 2.45. The van der Waals surface area contributed by atoms with E-state index < -0.39 is 35.8 Å². The van der Waals surface area contributed by atoms with Gasteiger partial charge in [-0.3, -0.25) is 19.4 Å². The summed E-state index contributed by atoms with van der Waals surface area (Å²) in [4.78, 5) is 59.3. The van der Waals surface area contributed by atoms with Crippen LogP contribution in [0.25, 0.3) is 32.7 Å². The van der Waals surface area contributed by atoms with E-state index in [1.807, 2.05) is 104 Å². The van der Waals surface area contributed by atoms with Crippen LogP contribution < -0.4 is 37.3 Å². The number of benzene rings is 5. The van der Waals surface area contributed by atoms with Gasteiger partial charge in [0.1, 0.15) is 24.1 Å². The summed E-state index contributed by atoms with van der Waals surface area (Å²) in [7, 11) is 0. The smallest absolute Gasteiger partial charge is 0.328 e. The fraction of sp³-hybridized carbons (Fsp3) is 0.380. The largest absolute Gasteiger partial charge is 0.493 e. The second-order valence-corrected chi connectivity index (χ2v) is 15.6. The summed E-state index contributed by atoms with van der Waals surface area (Å²) in [6.45, 7) is 4.82. The van der Waals surface area contributed by atoms with Gasteiger partial charge in [0, 0.05) is 30.0 Å². The van der Waals surface area contributed by atoms with Crippen molar-refractivity contribution in [2.45, 2.75) is 90.3 Å². The molecule has 0 spiro atoms. The minimum absolute atomic E-state index is 0.0594. The molecule has 0 saturated carbocycles. The molecule has 3 atom stereocenters. The minimum Gasteiger partial charge on any atom is -0.493 e. The number of carbonyl (C=O) groups excluding carboxylic acids is 4. The number of carbonyl (C=O) groups is 4. The first-order valence-corrected chi connectivity index (χ1v) is 22.0.